The van der Waals surface area contributed by atoms with E-state index in [2.05, 4.69) is 22.2 Å². The van der Waals surface area contributed by atoms with Crippen LogP contribution in [0.1, 0.15) is 31.9 Å². The van der Waals surface area contributed by atoms with Crippen molar-refractivity contribution in [3.05, 3.63) is 18.1 Å². The second kappa shape index (κ2) is 5.25. The highest BCUT2D eigenvalue weighted by atomic mass is 16.3. The molecule has 88 valence electrons. The molecule has 4 heteroatoms. The van der Waals surface area contributed by atoms with Crippen LogP contribution >= 0.6 is 0 Å². The number of nitrogens with one attached hydrogen (secondary N) is 1. The third kappa shape index (κ3) is 3.17. The van der Waals surface area contributed by atoms with Gasteiger partial charge in [-0.1, -0.05) is 13.3 Å². The van der Waals surface area contributed by atoms with Crippen molar-refractivity contribution in [1.82, 2.24) is 9.97 Å². The standard InChI is InChI=1S/C12H19N3O/c1-2-3-10-6-12(15-8-14-10)13-7-11(16)9-4-5-9/h6,8-9,11,16H,2-5,7H2,1H3,(H,13,14,15). The van der Waals surface area contributed by atoms with Crippen molar-refractivity contribution in [2.45, 2.75) is 38.7 Å². The van der Waals surface area contributed by atoms with E-state index in [0.717, 1.165) is 37.2 Å². The molecule has 1 unspecified atom stereocenters. The molecule has 16 heavy (non-hydrogen) atoms. The first-order valence-electron chi connectivity index (χ1n) is 6.02. The van der Waals surface area contributed by atoms with E-state index in [9.17, 15) is 5.11 Å². The number of rotatable bonds is 6. The molecule has 2 N–H and O–H groups in total. The van der Waals surface area contributed by atoms with Crippen LogP contribution in [0.3, 0.4) is 0 Å². The Balaban J connectivity index is 1.85. The molecule has 1 saturated carbocycles. The summed E-state index contributed by atoms with van der Waals surface area (Å²) in [5.41, 5.74) is 1.06. The smallest absolute Gasteiger partial charge is 0.129 e. The summed E-state index contributed by atoms with van der Waals surface area (Å²) in [6, 6.07) is 1.96. The number of nitrogens with zero attached hydrogens (tertiary/aromatic N) is 2. The Morgan fingerprint density at radius 1 is 1.50 bits per heavy atom. The van der Waals surface area contributed by atoms with Gasteiger partial charge < -0.3 is 10.4 Å². The maximum Gasteiger partial charge on any atom is 0.129 e. The van der Waals surface area contributed by atoms with Crippen LogP contribution < -0.4 is 5.32 Å². The minimum absolute atomic E-state index is 0.232. The molecule has 0 amide bonds. The quantitative estimate of drug-likeness (QED) is 0.766. The number of aryl methyl sites for hydroxylation is 1. The van der Waals surface area contributed by atoms with Crippen molar-refractivity contribution in [3.63, 3.8) is 0 Å². The molecule has 0 saturated heterocycles. The molecule has 0 radical (unpaired) electrons. The summed E-state index contributed by atoms with van der Waals surface area (Å²) in [5.74, 6) is 1.32. The fourth-order valence-corrected chi connectivity index (χ4v) is 1.74. The van der Waals surface area contributed by atoms with Gasteiger partial charge in [0.2, 0.25) is 0 Å². The Morgan fingerprint density at radius 3 is 3.00 bits per heavy atom. The van der Waals surface area contributed by atoms with E-state index in [1.54, 1.807) is 6.33 Å². The van der Waals surface area contributed by atoms with Crippen molar-refractivity contribution >= 4 is 5.82 Å². The van der Waals surface area contributed by atoms with Gasteiger partial charge in [-0.15, -0.1) is 0 Å². The third-order valence-electron chi connectivity index (χ3n) is 2.89. The predicted molar refractivity (Wildman–Crippen MR) is 63.2 cm³/mol. The third-order valence-corrected chi connectivity index (χ3v) is 2.89. The average molecular weight is 221 g/mol. The van der Waals surface area contributed by atoms with Crippen molar-refractivity contribution in [3.8, 4) is 0 Å². The number of aliphatic hydroxyl groups excluding tert-OH is 1. The lowest BCUT2D eigenvalue weighted by Gasteiger charge is -2.11. The van der Waals surface area contributed by atoms with Crippen molar-refractivity contribution in [1.29, 1.82) is 0 Å². The second-order valence-electron chi connectivity index (χ2n) is 4.43. The van der Waals surface area contributed by atoms with E-state index in [1.807, 2.05) is 6.07 Å². The molecule has 4 nitrogen and oxygen atoms in total. The van der Waals surface area contributed by atoms with Crippen molar-refractivity contribution < 1.29 is 5.11 Å². The van der Waals surface area contributed by atoms with Crippen LogP contribution in [0, 0.1) is 5.92 Å². The van der Waals surface area contributed by atoms with Gasteiger partial charge in [-0.05, 0) is 25.2 Å². The van der Waals surface area contributed by atoms with Gasteiger partial charge in [0.05, 0.1) is 6.10 Å². The van der Waals surface area contributed by atoms with Crippen LogP contribution in [-0.4, -0.2) is 27.7 Å². The summed E-state index contributed by atoms with van der Waals surface area (Å²) in [6.45, 7) is 2.72. The molecule has 0 aromatic carbocycles. The lowest BCUT2D eigenvalue weighted by molar-refractivity contribution is 0.164. The van der Waals surface area contributed by atoms with Crippen molar-refractivity contribution in [2.75, 3.05) is 11.9 Å². The molecule has 0 spiro atoms. The molecule has 1 heterocycles. The highest BCUT2D eigenvalue weighted by Gasteiger charge is 2.29. The fraction of sp³-hybridized carbons (Fsp3) is 0.667. The average Bonchev–Trinajstić information content (AvgIpc) is 3.11. The minimum atomic E-state index is -0.232. The summed E-state index contributed by atoms with van der Waals surface area (Å²) in [4.78, 5) is 8.33. The van der Waals surface area contributed by atoms with Crippen LogP contribution in [0.5, 0.6) is 0 Å². The summed E-state index contributed by atoms with van der Waals surface area (Å²) >= 11 is 0. The molecule has 2 rings (SSSR count). The lowest BCUT2D eigenvalue weighted by Crippen LogP contribution is -2.21. The first kappa shape index (κ1) is 11.3. The summed E-state index contributed by atoms with van der Waals surface area (Å²) < 4.78 is 0. The Hall–Kier alpha value is -1.16. The van der Waals surface area contributed by atoms with Crippen LogP contribution in [0.4, 0.5) is 5.82 Å². The molecule has 1 aromatic rings. The Kier molecular flexibility index (Phi) is 3.72. The molecule has 0 bridgehead atoms. The monoisotopic (exact) mass is 221 g/mol. The van der Waals surface area contributed by atoms with Gasteiger partial charge in [0.15, 0.2) is 0 Å². The van der Waals surface area contributed by atoms with Crippen LogP contribution in [0.2, 0.25) is 0 Å². The topological polar surface area (TPSA) is 58.0 Å². The van der Waals surface area contributed by atoms with Gasteiger partial charge in [-0.2, -0.15) is 0 Å². The predicted octanol–water partition coefficient (Wildman–Crippen LogP) is 1.61. The Labute approximate surface area is 96.1 Å². The first-order valence-corrected chi connectivity index (χ1v) is 6.02. The number of aromatic nitrogens is 2. The van der Waals surface area contributed by atoms with E-state index in [0.29, 0.717) is 12.5 Å². The fourth-order valence-electron chi connectivity index (χ4n) is 1.74. The number of aliphatic hydroxyl groups is 1. The summed E-state index contributed by atoms with van der Waals surface area (Å²) in [7, 11) is 0. The normalized spacial score (nSPS) is 17.1. The zero-order chi connectivity index (χ0) is 11.4. The number of anilines is 1. The van der Waals surface area contributed by atoms with Gasteiger partial charge in [0.1, 0.15) is 12.1 Å². The van der Waals surface area contributed by atoms with Gasteiger partial charge in [-0.25, -0.2) is 9.97 Å². The van der Waals surface area contributed by atoms with Crippen molar-refractivity contribution in [2.24, 2.45) is 5.92 Å². The SMILES string of the molecule is CCCc1cc(NCC(O)C2CC2)ncn1. The zero-order valence-electron chi connectivity index (χ0n) is 9.69. The second-order valence-corrected chi connectivity index (χ2v) is 4.43. The summed E-state index contributed by atoms with van der Waals surface area (Å²) in [5, 5.41) is 12.9. The largest absolute Gasteiger partial charge is 0.391 e. The lowest BCUT2D eigenvalue weighted by atomic mass is 10.2. The maximum atomic E-state index is 9.72. The van der Waals surface area contributed by atoms with E-state index in [1.165, 1.54) is 0 Å². The molecule has 1 aliphatic rings. The van der Waals surface area contributed by atoms with E-state index in [4.69, 9.17) is 0 Å². The molecule has 1 fully saturated rings. The van der Waals surface area contributed by atoms with Gasteiger partial charge >= 0.3 is 0 Å². The minimum Gasteiger partial charge on any atom is -0.391 e. The Morgan fingerprint density at radius 2 is 2.31 bits per heavy atom. The van der Waals surface area contributed by atoms with Crippen LogP contribution in [-0.2, 0) is 6.42 Å². The maximum absolute atomic E-state index is 9.72. The molecule has 1 aliphatic carbocycles. The summed E-state index contributed by atoms with van der Waals surface area (Å²) in [6.07, 6.45) is 5.73. The van der Waals surface area contributed by atoms with E-state index in [-0.39, 0.29) is 6.10 Å². The zero-order valence-corrected chi connectivity index (χ0v) is 9.69. The number of hydrogen-bond acceptors (Lipinski definition) is 4. The molecule has 1 atom stereocenters. The first-order chi connectivity index (χ1) is 7.79. The van der Waals surface area contributed by atoms with Gasteiger partial charge in [0, 0.05) is 18.3 Å². The van der Waals surface area contributed by atoms with Crippen LogP contribution in [0.25, 0.3) is 0 Å². The number of hydrogen-bond donors (Lipinski definition) is 2. The highest BCUT2D eigenvalue weighted by Crippen LogP contribution is 2.32. The highest BCUT2D eigenvalue weighted by molar-refractivity contribution is 5.35. The van der Waals surface area contributed by atoms with Gasteiger partial charge in [0.25, 0.3) is 0 Å². The van der Waals surface area contributed by atoms with Crippen LogP contribution in [0.15, 0.2) is 12.4 Å². The van der Waals surface area contributed by atoms with Gasteiger partial charge in [-0.3, -0.25) is 0 Å². The van der Waals surface area contributed by atoms with E-state index >= 15 is 0 Å². The van der Waals surface area contributed by atoms with E-state index < -0.39 is 0 Å². The molecule has 1 aromatic heterocycles. The Bertz CT molecular complexity index is 339. The molecular formula is C12H19N3O. The molecular weight excluding hydrogens is 202 g/mol. The molecule has 0 aliphatic heterocycles.